The molecule has 0 saturated carbocycles. The Bertz CT molecular complexity index is 350. The van der Waals surface area contributed by atoms with Crippen molar-refractivity contribution in [1.29, 1.82) is 0 Å². The van der Waals surface area contributed by atoms with E-state index in [9.17, 15) is 4.79 Å². The third kappa shape index (κ3) is 2.38. The van der Waals surface area contributed by atoms with Crippen LogP contribution in [0.15, 0.2) is 17.1 Å². The maximum Gasteiger partial charge on any atom is 0.249 e. The summed E-state index contributed by atoms with van der Waals surface area (Å²) in [6.07, 6.45) is 1.35. The molecule has 1 rings (SSSR count). The molecule has 0 unspecified atom stereocenters. The van der Waals surface area contributed by atoms with Gasteiger partial charge in [0.05, 0.1) is 10.9 Å². The van der Waals surface area contributed by atoms with E-state index in [1.165, 1.54) is 11.0 Å². The second-order valence-corrected chi connectivity index (χ2v) is 3.14. The van der Waals surface area contributed by atoms with Gasteiger partial charge < -0.3 is 0 Å². The molecule has 3 heteroatoms. The molecule has 0 bridgehead atoms. The summed E-state index contributed by atoms with van der Waals surface area (Å²) >= 11 is 1.57. The fourth-order valence-corrected chi connectivity index (χ4v) is 1.32. The van der Waals surface area contributed by atoms with Gasteiger partial charge in [0.15, 0.2) is 0 Å². The summed E-state index contributed by atoms with van der Waals surface area (Å²) in [5.74, 6) is 2.71. The van der Waals surface area contributed by atoms with Crippen LogP contribution in [0.1, 0.15) is 9.75 Å². The molecule has 0 spiro atoms. The number of hydrogen-bond acceptors (Lipinski definition) is 3. The monoisotopic (exact) mass is 163 g/mol. The Hall–Kier alpha value is -1.36. The summed E-state index contributed by atoms with van der Waals surface area (Å²) in [6.45, 7) is 2.00. The Kier molecular flexibility index (Phi) is 2.62. The molecule has 2 nitrogen and oxygen atoms in total. The molecule has 0 aliphatic carbocycles. The van der Waals surface area contributed by atoms with Crippen LogP contribution in [0.2, 0.25) is 0 Å². The Balaban J connectivity index is 2.81. The zero-order valence-corrected chi connectivity index (χ0v) is 6.73. The standard InChI is InChI=1S/C8H5NOS/c1-7-2-3-8(11-7)4-5-9-6-10/h2-3H,1H3. The summed E-state index contributed by atoms with van der Waals surface area (Å²) in [5.41, 5.74) is 0. The van der Waals surface area contributed by atoms with Gasteiger partial charge in [0.25, 0.3) is 0 Å². The number of isocyanates is 1. The third-order valence-corrected chi connectivity index (χ3v) is 1.94. The topological polar surface area (TPSA) is 29.4 Å². The van der Waals surface area contributed by atoms with E-state index in [2.05, 4.69) is 17.0 Å². The van der Waals surface area contributed by atoms with E-state index in [1.54, 1.807) is 11.3 Å². The summed E-state index contributed by atoms with van der Waals surface area (Å²) in [5, 5.41) is 0. The minimum atomic E-state index is 0.918. The van der Waals surface area contributed by atoms with Gasteiger partial charge in [-0.1, -0.05) is 0 Å². The van der Waals surface area contributed by atoms with Crippen molar-refractivity contribution < 1.29 is 4.79 Å². The third-order valence-electron chi connectivity index (χ3n) is 1.02. The van der Waals surface area contributed by atoms with Gasteiger partial charge in [0.2, 0.25) is 6.08 Å². The summed E-state index contributed by atoms with van der Waals surface area (Å²) < 4.78 is 0. The predicted molar refractivity (Wildman–Crippen MR) is 44.1 cm³/mol. The highest BCUT2D eigenvalue weighted by Crippen LogP contribution is 2.12. The van der Waals surface area contributed by atoms with Gasteiger partial charge in [-0.25, -0.2) is 4.79 Å². The largest absolute Gasteiger partial charge is 0.249 e. The van der Waals surface area contributed by atoms with Crippen molar-refractivity contribution in [1.82, 2.24) is 0 Å². The summed E-state index contributed by atoms with van der Waals surface area (Å²) in [6, 6.07) is 6.19. The SMILES string of the molecule is Cc1ccc(C#CN=C=O)s1. The van der Waals surface area contributed by atoms with Crippen LogP contribution in [0, 0.1) is 18.9 Å². The van der Waals surface area contributed by atoms with Gasteiger partial charge in [-0.05, 0) is 25.0 Å². The molecule has 0 amide bonds. The van der Waals surface area contributed by atoms with E-state index in [-0.39, 0.29) is 0 Å². The number of aryl methyl sites for hydroxylation is 1. The molecule has 0 saturated heterocycles. The highest BCUT2D eigenvalue weighted by Gasteiger charge is 1.89. The first-order valence-electron chi connectivity index (χ1n) is 2.97. The van der Waals surface area contributed by atoms with Crippen LogP contribution in [0.5, 0.6) is 0 Å². The predicted octanol–water partition coefficient (Wildman–Crippen LogP) is 1.70. The lowest BCUT2D eigenvalue weighted by molar-refractivity contribution is 0.565. The van der Waals surface area contributed by atoms with E-state index in [0.717, 1.165) is 4.88 Å². The van der Waals surface area contributed by atoms with Crippen molar-refractivity contribution in [2.45, 2.75) is 6.92 Å². The van der Waals surface area contributed by atoms with Crippen LogP contribution in [0.25, 0.3) is 0 Å². The lowest BCUT2D eigenvalue weighted by Crippen LogP contribution is -1.57. The van der Waals surface area contributed by atoms with Gasteiger partial charge in [-0.2, -0.15) is 0 Å². The van der Waals surface area contributed by atoms with Crippen molar-refractivity contribution >= 4 is 17.4 Å². The molecule has 0 aliphatic rings. The molecule has 1 aromatic rings. The molecular weight excluding hydrogens is 158 g/mol. The minimum Gasteiger partial charge on any atom is -0.210 e. The van der Waals surface area contributed by atoms with Crippen LogP contribution >= 0.6 is 11.3 Å². The number of rotatable bonds is 0. The number of hydrogen-bond donors (Lipinski definition) is 0. The lowest BCUT2D eigenvalue weighted by atomic mass is 10.4. The second kappa shape index (κ2) is 3.72. The highest BCUT2D eigenvalue weighted by molar-refractivity contribution is 7.12. The van der Waals surface area contributed by atoms with Gasteiger partial charge in [0, 0.05) is 4.88 Å². The Labute approximate surface area is 68.6 Å². The molecule has 1 aromatic heterocycles. The first-order valence-corrected chi connectivity index (χ1v) is 3.79. The Morgan fingerprint density at radius 1 is 1.55 bits per heavy atom. The fraction of sp³-hybridized carbons (Fsp3) is 0.125. The zero-order chi connectivity index (χ0) is 8.10. The maximum atomic E-state index is 9.61. The zero-order valence-electron chi connectivity index (χ0n) is 5.92. The fourth-order valence-electron chi connectivity index (χ4n) is 0.608. The summed E-state index contributed by atoms with van der Waals surface area (Å²) in [7, 11) is 0. The number of aliphatic imine (C=N–C) groups is 1. The van der Waals surface area contributed by atoms with Crippen molar-refractivity contribution in [3.05, 3.63) is 21.9 Å². The van der Waals surface area contributed by atoms with Crippen molar-refractivity contribution in [2.24, 2.45) is 4.99 Å². The van der Waals surface area contributed by atoms with E-state index in [1.807, 2.05) is 19.1 Å². The average molecular weight is 163 g/mol. The normalized spacial score (nSPS) is 7.73. The van der Waals surface area contributed by atoms with Gasteiger partial charge in [-0.15, -0.1) is 16.3 Å². The number of carbonyl (C=O) groups excluding carboxylic acids is 1. The molecule has 0 aromatic carbocycles. The number of thiophene rings is 1. The number of nitrogens with zero attached hydrogens (tertiary/aromatic N) is 1. The van der Waals surface area contributed by atoms with E-state index >= 15 is 0 Å². The smallest absolute Gasteiger partial charge is 0.210 e. The van der Waals surface area contributed by atoms with Crippen molar-refractivity contribution in [3.63, 3.8) is 0 Å². The minimum absolute atomic E-state index is 0.918. The quantitative estimate of drug-likeness (QED) is 0.325. The molecular formula is C8H5NOS. The maximum absolute atomic E-state index is 9.61. The van der Waals surface area contributed by atoms with E-state index in [0.29, 0.717) is 0 Å². The van der Waals surface area contributed by atoms with E-state index < -0.39 is 0 Å². The molecule has 0 aliphatic heterocycles. The summed E-state index contributed by atoms with van der Waals surface area (Å²) in [4.78, 5) is 14.8. The van der Waals surface area contributed by atoms with Gasteiger partial charge in [0.1, 0.15) is 0 Å². The average Bonchev–Trinajstić information content (AvgIpc) is 2.37. The Morgan fingerprint density at radius 2 is 2.36 bits per heavy atom. The molecule has 0 fully saturated rings. The van der Waals surface area contributed by atoms with Crippen LogP contribution in [-0.4, -0.2) is 6.08 Å². The van der Waals surface area contributed by atoms with Gasteiger partial charge in [-0.3, -0.25) is 0 Å². The van der Waals surface area contributed by atoms with Crippen molar-refractivity contribution in [2.75, 3.05) is 0 Å². The van der Waals surface area contributed by atoms with Crippen LogP contribution < -0.4 is 0 Å². The molecule has 0 atom stereocenters. The first-order chi connectivity index (χ1) is 5.33. The highest BCUT2D eigenvalue weighted by atomic mass is 32.1. The molecule has 54 valence electrons. The molecule has 11 heavy (non-hydrogen) atoms. The molecule has 0 N–H and O–H groups in total. The second-order valence-electron chi connectivity index (χ2n) is 1.85. The van der Waals surface area contributed by atoms with Crippen LogP contribution in [0.4, 0.5) is 0 Å². The van der Waals surface area contributed by atoms with Gasteiger partial charge >= 0.3 is 0 Å². The molecule has 1 heterocycles. The van der Waals surface area contributed by atoms with Crippen LogP contribution in [0.3, 0.4) is 0 Å². The van der Waals surface area contributed by atoms with Crippen molar-refractivity contribution in [3.8, 4) is 12.0 Å². The van der Waals surface area contributed by atoms with Crippen LogP contribution in [-0.2, 0) is 4.79 Å². The van der Waals surface area contributed by atoms with E-state index in [4.69, 9.17) is 0 Å². The molecule has 0 radical (unpaired) electrons. The first kappa shape index (κ1) is 7.74. The Morgan fingerprint density at radius 3 is 2.91 bits per heavy atom. The lowest BCUT2D eigenvalue weighted by Gasteiger charge is -1.72.